The Morgan fingerprint density at radius 2 is 1.84 bits per heavy atom. The second-order valence-corrected chi connectivity index (χ2v) is 7.48. The number of amides is 2. The molecule has 2 atom stereocenters. The van der Waals surface area contributed by atoms with E-state index < -0.39 is 29.7 Å². The van der Waals surface area contributed by atoms with Crippen molar-refractivity contribution < 1.29 is 32.6 Å². The van der Waals surface area contributed by atoms with Crippen LogP contribution in [-0.2, 0) is 15.8 Å². The highest BCUT2D eigenvalue weighted by Gasteiger charge is 2.37. The molecular formula is C21H20ClF3N2O4. The number of anilines is 1. The Morgan fingerprint density at radius 1 is 1.19 bits per heavy atom. The number of aliphatic hydroxyl groups is 1. The number of alkyl halides is 3. The number of rotatable bonds is 7. The summed E-state index contributed by atoms with van der Waals surface area (Å²) in [4.78, 5) is 26.4. The number of carbonyl (C=O) groups excluding carboxylic acids is 2. The summed E-state index contributed by atoms with van der Waals surface area (Å²) in [7, 11) is 0. The highest BCUT2D eigenvalue weighted by atomic mass is 35.5. The lowest BCUT2D eigenvalue weighted by Gasteiger charge is -2.17. The molecule has 1 heterocycles. The lowest BCUT2D eigenvalue weighted by molar-refractivity contribution is -0.137. The van der Waals surface area contributed by atoms with Gasteiger partial charge in [-0.3, -0.25) is 9.59 Å². The van der Waals surface area contributed by atoms with E-state index in [0.717, 1.165) is 24.3 Å². The molecule has 0 spiro atoms. The minimum atomic E-state index is -4.44. The predicted octanol–water partition coefficient (Wildman–Crippen LogP) is 3.27. The zero-order chi connectivity index (χ0) is 22.6. The average molecular weight is 457 g/mol. The molecule has 1 fully saturated rings. The molecule has 1 saturated heterocycles. The molecule has 2 N–H and O–H groups in total. The molecule has 0 radical (unpaired) electrons. The predicted molar refractivity (Wildman–Crippen MR) is 108 cm³/mol. The molecule has 2 aromatic rings. The molecule has 166 valence electrons. The monoisotopic (exact) mass is 456 g/mol. The molecule has 10 heteroatoms. The van der Waals surface area contributed by atoms with E-state index in [9.17, 15) is 27.9 Å². The Labute approximate surface area is 181 Å². The summed E-state index contributed by atoms with van der Waals surface area (Å²) in [5, 5.41) is 13.0. The number of hydrogen-bond donors (Lipinski definition) is 2. The molecule has 2 aromatic carbocycles. The Hall–Kier alpha value is -2.78. The maximum absolute atomic E-state index is 12.6. The summed E-state index contributed by atoms with van der Waals surface area (Å²) >= 11 is 5.85. The third-order valence-electron chi connectivity index (χ3n) is 4.80. The smallest absolute Gasteiger partial charge is 0.416 e. The highest BCUT2D eigenvalue weighted by molar-refractivity contribution is 6.30. The van der Waals surface area contributed by atoms with E-state index in [1.807, 2.05) is 0 Å². The molecule has 2 amide bonds. The maximum atomic E-state index is 12.6. The Balaban J connectivity index is 1.45. The minimum Gasteiger partial charge on any atom is -0.491 e. The van der Waals surface area contributed by atoms with Crippen molar-refractivity contribution in [2.45, 2.75) is 18.7 Å². The van der Waals surface area contributed by atoms with E-state index in [1.165, 1.54) is 4.90 Å². The van der Waals surface area contributed by atoms with Crippen LogP contribution in [0.1, 0.15) is 12.0 Å². The Kier molecular flexibility index (Phi) is 7.07. The number of halogens is 4. The third-order valence-corrected chi connectivity index (χ3v) is 5.05. The van der Waals surface area contributed by atoms with Crippen LogP contribution in [0.5, 0.6) is 5.75 Å². The molecule has 0 aromatic heterocycles. The largest absolute Gasteiger partial charge is 0.491 e. The quantitative estimate of drug-likeness (QED) is 0.627. The third kappa shape index (κ3) is 5.89. The van der Waals surface area contributed by atoms with Crippen molar-refractivity contribution in [3.8, 4) is 5.75 Å². The van der Waals surface area contributed by atoms with Crippen LogP contribution in [0.25, 0.3) is 0 Å². The van der Waals surface area contributed by atoms with E-state index in [-0.39, 0.29) is 24.8 Å². The molecule has 3 rings (SSSR count). The van der Waals surface area contributed by atoms with E-state index in [4.69, 9.17) is 16.3 Å². The van der Waals surface area contributed by atoms with Crippen molar-refractivity contribution in [2.24, 2.45) is 5.92 Å². The van der Waals surface area contributed by atoms with Gasteiger partial charge in [0, 0.05) is 23.8 Å². The second kappa shape index (κ2) is 9.57. The van der Waals surface area contributed by atoms with Gasteiger partial charge in [-0.2, -0.15) is 13.2 Å². The summed E-state index contributed by atoms with van der Waals surface area (Å²) in [5.74, 6) is -1.55. The zero-order valence-electron chi connectivity index (χ0n) is 16.2. The maximum Gasteiger partial charge on any atom is 0.416 e. The first-order chi connectivity index (χ1) is 14.6. The molecular weight excluding hydrogens is 437 g/mol. The Morgan fingerprint density at radius 3 is 2.45 bits per heavy atom. The van der Waals surface area contributed by atoms with Crippen molar-refractivity contribution >= 4 is 29.1 Å². The van der Waals surface area contributed by atoms with E-state index >= 15 is 0 Å². The topological polar surface area (TPSA) is 78.9 Å². The Bertz CT molecular complexity index is 920. The molecule has 31 heavy (non-hydrogen) atoms. The van der Waals surface area contributed by atoms with Crippen molar-refractivity contribution in [1.29, 1.82) is 0 Å². The van der Waals surface area contributed by atoms with E-state index in [1.54, 1.807) is 24.3 Å². The van der Waals surface area contributed by atoms with Gasteiger partial charge in [0.1, 0.15) is 24.4 Å². The first-order valence-corrected chi connectivity index (χ1v) is 9.85. The number of hydrogen-bond acceptors (Lipinski definition) is 4. The van der Waals surface area contributed by atoms with Crippen molar-refractivity contribution in [3.63, 3.8) is 0 Å². The van der Waals surface area contributed by atoms with Gasteiger partial charge < -0.3 is 20.1 Å². The van der Waals surface area contributed by atoms with Gasteiger partial charge in [0.25, 0.3) is 0 Å². The van der Waals surface area contributed by atoms with Crippen LogP contribution in [0.3, 0.4) is 0 Å². The zero-order valence-corrected chi connectivity index (χ0v) is 17.0. The lowest BCUT2D eigenvalue weighted by atomic mass is 10.1. The van der Waals surface area contributed by atoms with Gasteiger partial charge in [0.2, 0.25) is 11.8 Å². The SMILES string of the molecule is O=C(NCC(O)COc1ccc(C(F)(F)F)cc1)C1CCN(c2ccc(Cl)cc2)C1=O. The molecule has 0 saturated carbocycles. The molecule has 0 bridgehead atoms. The van der Waals surface area contributed by atoms with E-state index in [2.05, 4.69) is 5.32 Å². The van der Waals surface area contributed by atoms with Gasteiger partial charge in [0.05, 0.1) is 5.56 Å². The van der Waals surface area contributed by atoms with Crippen molar-refractivity contribution in [3.05, 3.63) is 59.1 Å². The van der Waals surface area contributed by atoms with Gasteiger partial charge in [-0.1, -0.05) is 11.6 Å². The summed E-state index contributed by atoms with van der Waals surface area (Å²) in [6, 6.07) is 10.8. The van der Waals surface area contributed by atoms with Crippen LogP contribution in [-0.4, -0.2) is 42.7 Å². The number of carbonyl (C=O) groups is 2. The number of benzene rings is 2. The van der Waals surface area contributed by atoms with Crippen LogP contribution in [0.15, 0.2) is 48.5 Å². The van der Waals surface area contributed by atoms with Crippen molar-refractivity contribution in [2.75, 3.05) is 24.6 Å². The first-order valence-electron chi connectivity index (χ1n) is 9.48. The second-order valence-electron chi connectivity index (χ2n) is 7.04. The minimum absolute atomic E-state index is 0.156. The van der Waals surface area contributed by atoms with Crippen molar-refractivity contribution in [1.82, 2.24) is 5.32 Å². The normalized spacial score (nSPS) is 17.5. The van der Waals surface area contributed by atoms with Gasteiger partial charge >= 0.3 is 6.18 Å². The molecule has 0 aliphatic carbocycles. The van der Waals surface area contributed by atoms with Crippen LogP contribution in [0.4, 0.5) is 18.9 Å². The first kappa shape index (κ1) is 22.9. The number of nitrogens with one attached hydrogen (secondary N) is 1. The molecule has 6 nitrogen and oxygen atoms in total. The number of aliphatic hydroxyl groups excluding tert-OH is 1. The summed E-state index contributed by atoms with van der Waals surface area (Å²) in [6.07, 6.45) is -5.20. The fraction of sp³-hybridized carbons (Fsp3) is 0.333. The highest BCUT2D eigenvalue weighted by Crippen LogP contribution is 2.30. The number of nitrogens with zero attached hydrogens (tertiary/aromatic N) is 1. The number of ether oxygens (including phenoxy) is 1. The van der Waals surface area contributed by atoms with Gasteiger partial charge in [0.15, 0.2) is 0 Å². The van der Waals surface area contributed by atoms with Crippen LogP contribution in [0, 0.1) is 5.92 Å². The van der Waals surface area contributed by atoms with Crippen LogP contribution < -0.4 is 15.0 Å². The lowest BCUT2D eigenvalue weighted by Crippen LogP contribution is -2.41. The molecule has 2 unspecified atom stereocenters. The summed E-state index contributed by atoms with van der Waals surface area (Å²) < 4.78 is 42.9. The van der Waals surface area contributed by atoms with Crippen LogP contribution in [0.2, 0.25) is 5.02 Å². The van der Waals surface area contributed by atoms with Gasteiger partial charge in [-0.25, -0.2) is 0 Å². The van der Waals surface area contributed by atoms with Gasteiger partial charge in [-0.15, -0.1) is 0 Å². The fourth-order valence-corrected chi connectivity index (χ4v) is 3.26. The average Bonchev–Trinajstić information content (AvgIpc) is 3.12. The molecule has 1 aliphatic heterocycles. The fourth-order valence-electron chi connectivity index (χ4n) is 3.13. The molecule has 1 aliphatic rings. The van der Waals surface area contributed by atoms with E-state index in [0.29, 0.717) is 23.7 Å². The standard InChI is InChI=1S/C21H20ClF3N2O4/c22-14-3-5-15(6-4-14)27-10-9-18(20(27)30)19(29)26-11-16(28)12-31-17-7-1-13(2-8-17)21(23,24)25/h1-8,16,18,28H,9-12H2,(H,26,29). The van der Waals surface area contributed by atoms with Gasteiger partial charge in [-0.05, 0) is 55.0 Å². The summed E-state index contributed by atoms with van der Waals surface area (Å²) in [5.41, 5.74) is -0.156. The summed E-state index contributed by atoms with van der Waals surface area (Å²) in [6.45, 7) is -0.0104. The van der Waals surface area contributed by atoms with Crippen LogP contribution >= 0.6 is 11.6 Å².